The number of aldehydes is 1. The molecule has 0 saturated carbocycles. The molecule has 1 heterocycles. The fourth-order valence-electron chi connectivity index (χ4n) is 2.19. The summed E-state index contributed by atoms with van der Waals surface area (Å²) in [4.78, 5) is 31.6. The quantitative estimate of drug-likeness (QED) is 0.721. The van der Waals surface area contributed by atoms with Crippen molar-refractivity contribution in [3.05, 3.63) is 72.1 Å². The molecule has 0 aliphatic heterocycles. The van der Waals surface area contributed by atoms with Crippen molar-refractivity contribution in [1.82, 2.24) is 9.97 Å². The predicted molar refractivity (Wildman–Crippen MR) is 91.7 cm³/mol. The third kappa shape index (κ3) is 3.27. The van der Waals surface area contributed by atoms with Crippen LogP contribution in [0.2, 0.25) is 0 Å². The first-order valence-corrected chi connectivity index (χ1v) is 7.22. The van der Waals surface area contributed by atoms with Gasteiger partial charge in [0, 0.05) is 16.8 Å². The second kappa shape index (κ2) is 6.70. The van der Waals surface area contributed by atoms with Crippen LogP contribution in [0.3, 0.4) is 0 Å². The van der Waals surface area contributed by atoms with Gasteiger partial charge in [-0.2, -0.15) is 0 Å². The Morgan fingerprint density at radius 1 is 1.08 bits per heavy atom. The lowest BCUT2D eigenvalue weighted by Gasteiger charge is -2.08. The Kier molecular flexibility index (Phi) is 4.29. The van der Waals surface area contributed by atoms with Crippen LogP contribution < -0.4 is 11.1 Å². The third-order valence-electron chi connectivity index (χ3n) is 3.37. The summed E-state index contributed by atoms with van der Waals surface area (Å²) in [6.45, 7) is 0. The number of nitrogens with zero attached hydrogens (tertiary/aromatic N) is 2. The van der Waals surface area contributed by atoms with E-state index in [-0.39, 0.29) is 11.5 Å². The zero-order valence-electron chi connectivity index (χ0n) is 12.6. The molecule has 24 heavy (non-hydrogen) atoms. The minimum Gasteiger partial charge on any atom is -0.382 e. The summed E-state index contributed by atoms with van der Waals surface area (Å²) in [7, 11) is 0. The van der Waals surface area contributed by atoms with Crippen LogP contribution in [0.4, 0.5) is 11.5 Å². The molecule has 118 valence electrons. The number of hydrogen-bond acceptors (Lipinski definition) is 5. The summed E-state index contributed by atoms with van der Waals surface area (Å²) in [6.07, 6.45) is 2.22. The Morgan fingerprint density at radius 3 is 2.62 bits per heavy atom. The molecule has 0 aliphatic carbocycles. The van der Waals surface area contributed by atoms with Crippen molar-refractivity contribution in [3.63, 3.8) is 0 Å². The van der Waals surface area contributed by atoms with Gasteiger partial charge in [0.25, 0.3) is 5.91 Å². The Hall–Kier alpha value is -3.54. The highest BCUT2D eigenvalue weighted by atomic mass is 16.2. The van der Waals surface area contributed by atoms with Crippen molar-refractivity contribution in [2.24, 2.45) is 0 Å². The zero-order chi connectivity index (χ0) is 16.9. The Labute approximate surface area is 138 Å². The van der Waals surface area contributed by atoms with Crippen LogP contribution in [0.15, 0.2) is 60.8 Å². The average molecular weight is 318 g/mol. The number of carbonyl (C=O) groups excluding carboxylic acids is 2. The van der Waals surface area contributed by atoms with Crippen LogP contribution in [0.25, 0.3) is 11.3 Å². The summed E-state index contributed by atoms with van der Waals surface area (Å²) in [5, 5.41) is 2.72. The van der Waals surface area contributed by atoms with Gasteiger partial charge in [0.2, 0.25) is 0 Å². The summed E-state index contributed by atoms with van der Waals surface area (Å²) in [5.41, 5.74) is 8.12. The number of nitrogens with one attached hydrogen (secondary N) is 1. The van der Waals surface area contributed by atoms with Gasteiger partial charge in [-0.15, -0.1) is 0 Å². The number of rotatable bonds is 4. The van der Waals surface area contributed by atoms with Crippen LogP contribution in [0, 0.1) is 0 Å². The van der Waals surface area contributed by atoms with Crippen molar-refractivity contribution in [1.29, 1.82) is 0 Å². The number of para-hydroxylation sites is 1. The number of carbonyl (C=O) groups is 2. The number of amides is 1. The van der Waals surface area contributed by atoms with Gasteiger partial charge < -0.3 is 11.1 Å². The Balaban J connectivity index is 1.94. The highest BCUT2D eigenvalue weighted by molar-refractivity contribution is 6.06. The summed E-state index contributed by atoms with van der Waals surface area (Å²) < 4.78 is 0. The molecule has 0 bridgehead atoms. The van der Waals surface area contributed by atoms with Crippen molar-refractivity contribution in [2.45, 2.75) is 0 Å². The van der Waals surface area contributed by atoms with Gasteiger partial charge in [-0.3, -0.25) is 9.59 Å². The Bertz CT molecular complexity index is 895. The molecule has 3 N–H and O–H groups in total. The lowest BCUT2D eigenvalue weighted by molar-refractivity contribution is 0.102. The van der Waals surface area contributed by atoms with Gasteiger partial charge in [0.05, 0.1) is 11.9 Å². The summed E-state index contributed by atoms with van der Waals surface area (Å²) in [5.74, 6) is -0.404. The molecule has 1 aromatic heterocycles. The summed E-state index contributed by atoms with van der Waals surface area (Å²) >= 11 is 0. The van der Waals surface area contributed by atoms with Gasteiger partial charge in [-0.25, -0.2) is 9.97 Å². The van der Waals surface area contributed by atoms with Gasteiger partial charge in [0.1, 0.15) is 6.29 Å². The lowest BCUT2D eigenvalue weighted by Crippen LogP contribution is -2.17. The first kappa shape index (κ1) is 15.4. The number of nitrogens with two attached hydrogens (primary N) is 1. The number of aromatic nitrogens is 2. The number of benzene rings is 2. The average Bonchev–Trinajstić information content (AvgIpc) is 2.63. The van der Waals surface area contributed by atoms with Gasteiger partial charge in [-0.05, 0) is 18.2 Å². The van der Waals surface area contributed by atoms with Crippen molar-refractivity contribution in [2.75, 3.05) is 11.1 Å². The second-order valence-electron chi connectivity index (χ2n) is 5.05. The zero-order valence-corrected chi connectivity index (χ0v) is 12.6. The van der Waals surface area contributed by atoms with E-state index in [9.17, 15) is 9.59 Å². The molecule has 0 aliphatic rings. The molecule has 0 radical (unpaired) electrons. The molecular formula is C18H14N4O2. The van der Waals surface area contributed by atoms with Crippen LogP contribution in [0.5, 0.6) is 0 Å². The normalized spacial score (nSPS) is 10.2. The van der Waals surface area contributed by atoms with Gasteiger partial charge >= 0.3 is 0 Å². The van der Waals surface area contributed by atoms with Crippen molar-refractivity contribution >= 4 is 23.7 Å². The van der Waals surface area contributed by atoms with E-state index >= 15 is 0 Å². The van der Waals surface area contributed by atoms with Crippen molar-refractivity contribution in [3.8, 4) is 11.3 Å². The first-order chi connectivity index (χ1) is 11.7. The topological polar surface area (TPSA) is 98.0 Å². The molecule has 3 aromatic rings. The molecule has 1 amide bonds. The third-order valence-corrected chi connectivity index (χ3v) is 3.37. The minimum atomic E-state index is -0.445. The molecule has 3 rings (SSSR count). The molecule has 0 saturated heterocycles. The van der Waals surface area contributed by atoms with E-state index in [1.54, 1.807) is 36.4 Å². The fraction of sp³-hybridized carbons (Fsp3) is 0. The smallest absolute Gasteiger partial charge is 0.278 e. The highest BCUT2D eigenvalue weighted by Gasteiger charge is 2.15. The Morgan fingerprint density at radius 2 is 1.88 bits per heavy atom. The largest absolute Gasteiger partial charge is 0.382 e. The molecular weight excluding hydrogens is 304 g/mol. The van der Waals surface area contributed by atoms with E-state index in [4.69, 9.17) is 5.73 Å². The van der Waals surface area contributed by atoms with Crippen LogP contribution in [-0.2, 0) is 0 Å². The van der Waals surface area contributed by atoms with E-state index in [1.807, 2.05) is 18.2 Å². The van der Waals surface area contributed by atoms with E-state index in [0.717, 1.165) is 6.29 Å². The van der Waals surface area contributed by atoms with E-state index in [0.29, 0.717) is 22.5 Å². The minimum absolute atomic E-state index is 0.0351. The second-order valence-corrected chi connectivity index (χ2v) is 5.05. The van der Waals surface area contributed by atoms with Gasteiger partial charge in [-0.1, -0.05) is 36.4 Å². The monoisotopic (exact) mass is 318 g/mol. The fourth-order valence-corrected chi connectivity index (χ4v) is 2.19. The SMILES string of the molecule is Nc1ncc(-c2cccc(C=O)c2)nc1C(=O)Nc1ccccc1. The maximum Gasteiger partial charge on any atom is 0.278 e. The number of anilines is 2. The summed E-state index contributed by atoms with van der Waals surface area (Å²) in [6, 6.07) is 15.9. The maximum absolute atomic E-state index is 12.4. The van der Waals surface area contributed by atoms with Crippen LogP contribution in [-0.4, -0.2) is 22.2 Å². The molecule has 2 aromatic carbocycles. The molecule has 6 nitrogen and oxygen atoms in total. The maximum atomic E-state index is 12.4. The standard InChI is InChI=1S/C18H14N4O2/c19-17-16(18(24)21-14-7-2-1-3-8-14)22-15(10-20-17)13-6-4-5-12(9-13)11-23/h1-11H,(H2,19,20)(H,21,24). The molecule has 0 spiro atoms. The molecule has 0 atom stereocenters. The molecule has 0 fully saturated rings. The van der Waals surface area contributed by atoms with E-state index in [1.165, 1.54) is 6.20 Å². The highest BCUT2D eigenvalue weighted by Crippen LogP contribution is 2.20. The van der Waals surface area contributed by atoms with Crippen LogP contribution in [0.1, 0.15) is 20.8 Å². The van der Waals surface area contributed by atoms with Crippen LogP contribution >= 0.6 is 0 Å². The number of nitrogen functional groups attached to an aromatic ring is 1. The van der Waals surface area contributed by atoms with E-state index in [2.05, 4.69) is 15.3 Å². The first-order valence-electron chi connectivity index (χ1n) is 7.22. The predicted octanol–water partition coefficient (Wildman–Crippen LogP) is 2.79. The van der Waals surface area contributed by atoms with E-state index < -0.39 is 5.91 Å². The lowest BCUT2D eigenvalue weighted by atomic mass is 10.1. The van der Waals surface area contributed by atoms with Gasteiger partial charge in [0.15, 0.2) is 11.5 Å². The molecule has 0 unspecified atom stereocenters. The molecule has 6 heteroatoms. The van der Waals surface area contributed by atoms with Crippen molar-refractivity contribution < 1.29 is 9.59 Å². The number of hydrogen-bond donors (Lipinski definition) is 2.